The van der Waals surface area contributed by atoms with Gasteiger partial charge in [-0.3, -0.25) is 14.9 Å². The molecule has 6 heteroatoms. The van der Waals surface area contributed by atoms with Crippen LogP contribution in [0.1, 0.15) is 25.3 Å². The second-order valence-corrected chi connectivity index (χ2v) is 4.68. The molecular weight excluding hydrogens is 248 g/mol. The van der Waals surface area contributed by atoms with Crippen molar-refractivity contribution in [2.45, 2.75) is 26.7 Å². The Labute approximate surface area is 111 Å². The molecule has 6 nitrogen and oxygen atoms in total. The molecule has 1 aromatic rings. The van der Waals surface area contributed by atoms with E-state index in [1.807, 2.05) is 6.92 Å². The number of nitrogens with one attached hydrogen (secondary N) is 1. The Hall–Kier alpha value is -2.11. The van der Waals surface area contributed by atoms with Crippen molar-refractivity contribution in [2.75, 3.05) is 11.9 Å². The number of benzene rings is 1. The topological polar surface area (TPSA) is 92.5 Å². The number of rotatable bonds is 7. The molecule has 1 unspecified atom stereocenters. The van der Waals surface area contributed by atoms with E-state index in [9.17, 15) is 14.9 Å². The molecular formula is C13H18N2O4. The third-order valence-corrected chi connectivity index (χ3v) is 2.90. The van der Waals surface area contributed by atoms with Gasteiger partial charge in [0.2, 0.25) is 0 Å². The highest BCUT2D eigenvalue weighted by Gasteiger charge is 2.10. The predicted molar refractivity (Wildman–Crippen MR) is 72.4 cm³/mol. The number of carboxylic acid groups (broad SMARTS) is 1. The first-order valence-electron chi connectivity index (χ1n) is 6.11. The van der Waals surface area contributed by atoms with Gasteiger partial charge in [0.05, 0.1) is 4.92 Å². The van der Waals surface area contributed by atoms with E-state index in [1.54, 1.807) is 19.1 Å². The first-order chi connectivity index (χ1) is 8.90. The lowest BCUT2D eigenvalue weighted by atomic mass is 10.1. The summed E-state index contributed by atoms with van der Waals surface area (Å²) >= 11 is 0. The number of carbonyl (C=O) groups is 1. The van der Waals surface area contributed by atoms with E-state index in [-0.39, 0.29) is 18.0 Å². The zero-order chi connectivity index (χ0) is 14.4. The summed E-state index contributed by atoms with van der Waals surface area (Å²) in [5.41, 5.74) is 1.52. The summed E-state index contributed by atoms with van der Waals surface area (Å²) in [7, 11) is 0. The molecule has 0 saturated heterocycles. The van der Waals surface area contributed by atoms with Crippen molar-refractivity contribution in [1.29, 1.82) is 0 Å². The number of carboxylic acids is 1. The van der Waals surface area contributed by atoms with Gasteiger partial charge in [-0.1, -0.05) is 6.92 Å². The lowest BCUT2D eigenvalue weighted by Gasteiger charge is -2.13. The lowest BCUT2D eigenvalue weighted by Crippen LogP contribution is -2.12. The van der Waals surface area contributed by atoms with Gasteiger partial charge in [0, 0.05) is 30.3 Å². The molecule has 0 amide bonds. The Morgan fingerprint density at radius 3 is 2.74 bits per heavy atom. The highest BCUT2D eigenvalue weighted by Crippen LogP contribution is 2.21. The van der Waals surface area contributed by atoms with Gasteiger partial charge in [-0.25, -0.2) is 0 Å². The highest BCUT2D eigenvalue weighted by atomic mass is 16.6. The molecule has 0 radical (unpaired) electrons. The largest absolute Gasteiger partial charge is 0.481 e. The molecule has 0 fully saturated rings. The van der Waals surface area contributed by atoms with Crippen molar-refractivity contribution >= 4 is 17.3 Å². The zero-order valence-corrected chi connectivity index (χ0v) is 11.0. The van der Waals surface area contributed by atoms with Gasteiger partial charge in [-0.05, 0) is 31.4 Å². The second-order valence-electron chi connectivity index (χ2n) is 4.68. The van der Waals surface area contributed by atoms with Gasteiger partial charge in [-0.15, -0.1) is 0 Å². The van der Waals surface area contributed by atoms with Crippen molar-refractivity contribution in [3.63, 3.8) is 0 Å². The Morgan fingerprint density at radius 1 is 1.53 bits per heavy atom. The van der Waals surface area contributed by atoms with Gasteiger partial charge in [0.25, 0.3) is 5.69 Å². The van der Waals surface area contributed by atoms with E-state index < -0.39 is 10.9 Å². The van der Waals surface area contributed by atoms with Crippen LogP contribution in [0.15, 0.2) is 18.2 Å². The molecule has 0 aliphatic rings. The molecule has 0 aliphatic carbocycles. The minimum absolute atomic E-state index is 0.101. The van der Waals surface area contributed by atoms with Crippen LogP contribution in [0.25, 0.3) is 0 Å². The monoisotopic (exact) mass is 266 g/mol. The van der Waals surface area contributed by atoms with E-state index in [2.05, 4.69) is 5.32 Å². The van der Waals surface area contributed by atoms with Crippen molar-refractivity contribution in [3.05, 3.63) is 33.9 Å². The van der Waals surface area contributed by atoms with E-state index in [0.717, 1.165) is 5.69 Å². The van der Waals surface area contributed by atoms with Gasteiger partial charge in [-0.2, -0.15) is 0 Å². The van der Waals surface area contributed by atoms with E-state index in [4.69, 9.17) is 5.11 Å². The third kappa shape index (κ3) is 4.95. The SMILES string of the molecule is Cc1cc(NCC(C)CCC(=O)O)ccc1[N+](=O)[O-]. The average molecular weight is 266 g/mol. The fraction of sp³-hybridized carbons (Fsp3) is 0.462. The Balaban J connectivity index is 2.52. The minimum atomic E-state index is -0.793. The van der Waals surface area contributed by atoms with Crippen LogP contribution in [0.3, 0.4) is 0 Å². The molecule has 0 saturated carbocycles. The van der Waals surface area contributed by atoms with E-state index >= 15 is 0 Å². The zero-order valence-electron chi connectivity index (χ0n) is 11.0. The van der Waals surface area contributed by atoms with Crippen LogP contribution in [0.4, 0.5) is 11.4 Å². The first-order valence-corrected chi connectivity index (χ1v) is 6.11. The van der Waals surface area contributed by atoms with Crippen molar-refractivity contribution in [1.82, 2.24) is 0 Å². The molecule has 0 aromatic heterocycles. The van der Waals surface area contributed by atoms with Crippen molar-refractivity contribution < 1.29 is 14.8 Å². The second kappa shape index (κ2) is 6.72. The molecule has 0 aliphatic heterocycles. The number of nitrogens with zero attached hydrogens (tertiary/aromatic N) is 1. The predicted octanol–water partition coefficient (Wildman–Crippen LogP) is 2.82. The van der Waals surface area contributed by atoms with Crippen LogP contribution in [0.5, 0.6) is 0 Å². The smallest absolute Gasteiger partial charge is 0.303 e. The van der Waals surface area contributed by atoms with Crippen LogP contribution in [-0.2, 0) is 4.79 Å². The summed E-state index contributed by atoms with van der Waals surface area (Å²) in [6, 6.07) is 4.86. The summed E-state index contributed by atoms with van der Waals surface area (Å²) in [6.07, 6.45) is 0.760. The van der Waals surface area contributed by atoms with Gasteiger partial charge >= 0.3 is 5.97 Å². The molecule has 1 rings (SSSR count). The molecule has 2 N–H and O–H groups in total. The summed E-state index contributed by atoms with van der Waals surface area (Å²) in [4.78, 5) is 20.7. The fourth-order valence-electron chi connectivity index (χ4n) is 1.73. The Morgan fingerprint density at radius 2 is 2.21 bits per heavy atom. The third-order valence-electron chi connectivity index (χ3n) is 2.90. The lowest BCUT2D eigenvalue weighted by molar-refractivity contribution is -0.385. The Bertz CT molecular complexity index is 474. The average Bonchev–Trinajstić information content (AvgIpc) is 2.33. The summed E-state index contributed by atoms with van der Waals surface area (Å²) in [5, 5.41) is 22.4. The van der Waals surface area contributed by atoms with Gasteiger partial charge in [0.15, 0.2) is 0 Å². The summed E-state index contributed by atoms with van der Waals surface area (Å²) < 4.78 is 0. The number of hydrogen-bond donors (Lipinski definition) is 2. The van der Waals surface area contributed by atoms with Crippen LogP contribution in [0.2, 0.25) is 0 Å². The van der Waals surface area contributed by atoms with Crippen LogP contribution in [-0.4, -0.2) is 22.5 Å². The van der Waals surface area contributed by atoms with Crippen LogP contribution in [0, 0.1) is 23.0 Å². The molecule has 19 heavy (non-hydrogen) atoms. The molecule has 0 spiro atoms. The van der Waals surface area contributed by atoms with Crippen LogP contribution < -0.4 is 5.32 Å². The summed E-state index contributed by atoms with van der Waals surface area (Å²) in [6.45, 7) is 4.30. The molecule has 1 aromatic carbocycles. The Kier molecular flexibility index (Phi) is 5.29. The quantitative estimate of drug-likeness (QED) is 0.584. The van der Waals surface area contributed by atoms with Gasteiger partial charge < -0.3 is 10.4 Å². The maximum Gasteiger partial charge on any atom is 0.303 e. The van der Waals surface area contributed by atoms with Gasteiger partial charge in [0.1, 0.15) is 0 Å². The van der Waals surface area contributed by atoms with E-state index in [0.29, 0.717) is 18.5 Å². The first kappa shape index (κ1) is 14.9. The van der Waals surface area contributed by atoms with Crippen molar-refractivity contribution in [3.8, 4) is 0 Å². The number of hydrogen-bond acceptors (Lipinski definition) is 4. The normalized spacial score (nSPS) is 11.9. The number of nitro benzene ring substituents is 1. The van der Waals surface area contributed by atoms with Crippen LogP contribution >= 0.6 is 0 Å². The maximum atomic E-state index is 10.7. The number of nitro groups is 1. The summed E-state index contributed by atoms with van der Waals surface area (Å²) in [5.74, 6) is -0.565. The van der Waals surface area contributed by atoms with E-state index in [1.165, 1.54) is 6.07 Å². The number of aliphatic carboxylic acids is 1. The standard InChI is InChI=1S/C13H18N2O4/c1-9(3-6-13(16)17)8-14-11-4-5-12(15(18)19)10(2)7-11/h4-5,7,9,14H,3,6,8H2,1-2H3,(H,16,17). The maximum absolute atomic E-state index is 10.7. The molecule has 104 valence electrons. The van der Waals surface area contributed by atoms with Crippen molar-refractivity contribution in [2.24, 2.45) is 5.92 Å². The highest BCUT2D eigenvalue weighted by molar-refractivity contribution is 5.66. The minimum Gasteiger partial charge on any atom is -0.481 e. The number of anilines is 1. The molecule has 0 heterocycles. The number of aryl methyl sites for hydroxylation is 1. The molecule has 0 bridgehead atoms. The molecule has 1 atom stereocenters. The fourth-order valence-corrected chi connectivity index (χ4v) is 1.73.